The maximum absolute atomic E-state index is 12.0. The number of hydrogen-bond acceptors (Lipinski definition) is 4. The van der Waals surface area contributed by atoms with Crippen LogP contribution in [0.5, 0.6) is 11.5 Å². The first-order chi connectivity index (χ1) is 10.8. The van der Waals surface area contributed by atoms with Crippen LogP contribution in [0.2, 0.25) is 0 Å². The summed E-state index contributed by atoms with van der Waals surface area (Å²) in [6.07, 6.45) is 1.70. The van der Waals surface area contributed by atoms with Crippen molar-refractivity contribution in [2.45, 2.75) is 0 Å². The Hall–Kier alpha value is -3.02. The summed E-state index contributed by atoms with van der Waals surface area (Å²) in [5, 5.41) is 10.5. The van der Waals surface area contributed by atoms with Crippen LogP contribution in [0, 0.1) is 0 Å². The van der Waals surface area contributed by atoms with Gasteiger partial charge >= 0.3 is 0 Å². The lowest BCUT2D eigenvalue weighted by molar-refractivity contribution is -0.118. The average molecular weight is 297 g/mol. The lowest BCUT2D eigenvalue weighted by Gasteiger charge is -2.10. The van der Waals surface area contributed by atoms with Crippen LogP contribution < -0.4 is 14.8 Å². The van der Waals surface area contributed by atoms with Gasteiger partial charge in [-0.3, -0.25) is 9.89 Å². The zero-order valence-corrected chi connectivity index (χ0v) is 12.0. The Bertz CT molecular complexity index is 798. The first-order valence-corrected chi connectivity index (χ1v) is 6.75. The number of aromatic nitrogens is 2. The zero-order valence-electron chi connectivity index (χ0n) is 12.0. The first-order valence-electron chi connectivity index (χ1n) is 6.75. The summed E-state index contributed by atoms with van der Waals surface area (Å²) in [5.41, 5.74) is 1.62. The van der Waals surface area contributed by atoms with Crippen LogP contribution in [0.1, 0.15) is 0 Å². The molecule has 3 aromatic rings. The Kier molecular flexibility index (Phi) is 3.91. The molecule has 0 spiro atoms. The number of ether oxygens (including phenoxy) is 2. The van der Waals surface area contributed by atoms with Gasteiger partial charge in [0.2, 0.25) is 0 Å². The smallest absolute Gasteiger partial charge is 0.262 e. The van der Waals surface area contributed by atoms with Crippen LogP contribution >= 0.6 is 0 Å². The molecule has 2 aromatic carbocycles. The van der Waals surface area contributed by atoms with E-state index in [4.69, 9.17) is 9.47 Å². The van der Waals surface area contributed by atoms with Gasteiger partial charge in [0.25, 0.3) is 5.91 Å². The monoisotopic (exact) mass is 297 g/mol. The molecule has 0 bridgehead atoms. The molecule has 0 unspecified atom stereocenters. The molecule has 0 saturated carbocycles. The second kappa shape index (κ2) is 6.17. The van der Waals surface area contributed by atoms with E-state index >= 15 is 0 Å². The minimum atomic E-state index is -0.242. The van der Waals surface area contributed by atoms with E-state index in [1.807, 2.05) is 30.3 Å². The number of methoxy groups -OCH3 is 1. The summed E-state index contributed by atoms with van der Waals surface area (Å²) in [6, 6.07) is 12.7. The van der Waals surface area contributed by atoms with Gasteiger partial charge in [0.15, 0.2) is 18.1 Å². The van der Waals surface area contributed by atoms with Gasteiger partial charge in [-0.1, -0.05) is 12.1 Å². The number of hydrogen-bond donors (Lipinski definition) is 2. The molecule has 112 valence electrons. The quantitative estimate of drug-likeness (QED) is 0.759. The van der Waals surface area contributed by atoms with Crippen LogP contribution in [-0.2, 0) is 4.79 Å². The summed E-state index contributed by atoms with van der Waals surface area (Å²) in [5.74, 6) is 0.884. The largest absolute Gasteiger partial charge is 0.493 e. The van der Waals surface area contributed by atoms with Crippen molar-refractivity contribution >= 4 is 22.5 Å². The Balaban J connectivity index is 1.62. The number of nitrogens with zero attached hydrogens (tertiary/aromatic N) is 1. The van der Waals surface area contributed by atoms with Gasteiger partial charge < -0.3 is 14.8 Å². The van der Waals surface area contributed by atoms with Gasteiger partial charge in [0.05, 0.1) is 18.8 Å². The molecular weight excluding hydrogens is 282 g/mol. The Morgan fingerprint density at radius 2 is 2.05 bits per heavy atom. The third kappa shape index (κ3) is 3.01. The van der Waals surface area contributed by atoms with E-state index in [9.17, 15) is 4.79 Å². The predicted octanol–water partition coefficient (Wildman–Crippen LogP) is 2.59. The molecule has 3 rings (SSSR count). The fraction of sp³-hybridized carbons (Fsp3) is 0.125. The number of rotatable bonds is 5. The number of carbonyl (C=O) groups is 1. The summed E-state index contributed by atoms with van der Waals surface area (Å²) >= 11 is 0. The molecule has 6 nitrogen and oxygen atoms in total. The Morgan fingerprint density at radius 1 is 1.23 bits per heavy atom. The van der Waals surface area contributed by atoms with E-state index in [-0.39, 0.29) is 12.5 Å². The Morgan fingerprint density at radius 3 is 2.86 bits per heavy atom. The van der Waals surface area contributed by atoms with Crippen molar-refractivity contribution < 1.29 is 14.3 Å². The number of fused-ring (bicyclic) bond motifs is 1. The first kappa shape index (κ1) is 13.9. The van der Waals surface area contributed by atoms with Crippen LogP contribution in [0.15, 0.2) is 48.7 Å². The lowest BCUT2D eigenvalue weighted by atomic mass is 10.2. The van der Waals surface area contributed by atoms with Crippen molar-refractivity contribution in [3.63, 3.8) is 0 Å². The van der Waals surface area contributed by atoms with Crippen molar-refractivity contribution in [3.8, 4) is 11.5 Å². The number of carbonyl (C=O) groups excluding carboxylic acids is 1. The van der Waals surface area contributed by atoms with Crippen LogP contribution in [0.4, 0.5) is 5.69 Å². The van der Waals surface area contributed by atoms with Gasteiger partial charge in [0.1, 0.15) is 0 Å². The standard InChI is InChI=1S/C16H15N3O3/c1-21-14-4-2-3-5-15(14)22-10-16(20)18-12-6-7-13-11(8-12)9-17-19-13/h2-9H,10H2,1H3,(H,17,19)(H,18,20). The van der Waals surface area contributed by atoms with Crippen LogP contribution in [-0.4, -0.2) is 29.8 Å². The molecule has 0 fully saturated rings. The van der Waals surface area contributed by atoms with Gasteiger partial charge in [-0.2, -0.15) is 5.10 Å². The normalized spacial score (nSPS) is 10.4. The number of nitrogens with one attached hydrogen (secondary N) is 2. The van der Waals surface area contributed by atoms with E-state index in [0.29, 0.717) is 17.2 Å². The molecule has 6 heteroatoms. The molecule has 1 heterocycles. The van der Waals surface area contributed by atoms with Gasteiger partial charge in [-0.25, -0.2) is 0 Å². The Labute approximate surface area is 127 Å². The number of aromatic amines is 1. The molecule has 2 N–H and O–H groups in total. The number of anilines is 1. The highest BCUT2D eigenvalue weighted by molar-refractivity contribution is 5.94. The average Bonchev–Trinajstić information content (AvgIpc) is 3.01. The topological polar surface area (TPSA) is 76.2 Å². The van der Waals surface area contributed by atoms with E-state index in [1.54, 1.807) is 25.4 Å². The number of para-hydroxylation sites is 2. The highest BCUT2D eigenvalue weighted by Crippen LogP contribution is 2.25. The number of H-pyrrole nitrogens is 1. The molecule has 22 heavy (non-hydrogen) atoms. The third-order valence-electron chi connectivity index (χ3n) is 3.15. The number of amides is 1. The summed E-state index contributed by atoms with van der Waals surface area (Å²) in [6.45, 7) is -0.0935. The van der Waals surface area contributed by atoms with Gasteiger partial charge in [-0.05, 0) is 30.3 Å². The molecule has 0 aliphatic heterocycles. The second-order valence-electron chi connectivity index (χ2n) is 4.66. The molecule has 0 aliphatic rings. The van der Waals surface area contributed by atoms with Crippen molar-refractivity contribution in [2.24, 2.45) is 0 Å². The van der Waals surface area contributed by atoms with E-state index in [1.165, 1.54) is 0 Å². The van der Waals surface area contributed by atoms with Crippen molar-refractivity contribution in [3.05, 3.63) is 48.7 Å². The summed E-state index contributed by atoms with van der Waals surface area (Å²) in [4.78, 5) is 12.0. The van der Waals surface area contributed by atoms with E-state index < -0.39 is 0 Å². The van der Waals surface area contributed by atoms with E-state index in [0.717, 1.165) is 10.9 Å². The molecule has 1 amide bonds. The molecule has 1 aromatic heterocycles. The second-order valence-corrected chi connectivity index (χ2v) is 4.66. The maximum atomic E-state index is 12.0. The highest BCUT2D eigenvalue weighted by Gasteiger charge is 2.07. The zero-order chi connectivity index (χ0) is 15.4. The molecule has 0 atom stereocenters. The lowest BCUT2D eigenvalue weighted by Crippen LogP contribution is -2.20. The summed E-state index contributed by atoms with van der Waals surface area (Å²) < 4.78 is 10.6. The summed E-state index contributed by atoms with van der Waals surface area (Å²) in [7, 11) is 1.56. The van der Waals surface area contributed by atoms with Crippen molar-refractivity contribution in [1.82, 2.24) is 10.2 Å². The van der Waals surface area contributed by atoms with Crippen molar-refractivity contribution in [2.75, 3.05) is 19.0 Å². The molecule has 0 aliphatic carbocycles. The fourth-order valence-electron chi connectivity index (χ4n) is 2.10. The minimum absolute atomic E-state index is 0.0935. The SMILES string of the molecule is COc1ccccc1OCC(=O)Nc1ccc2[nH]ncc2c1. The van der Waals surface area contributed by atoms with Crippen molar-refractivity contribution in [1.29, 1.82) is 0 Å². The van der Waals surface area contributed by atoms with E-state index in [2.05, 4.69) is 15.5 Å². The van der Waals surface area contributed by atoms with Gasteiger partial charge in [-0.15, -0.1) is 0 Å². The molecule has 0 radical (unpaired) electrons. The van der Waals surface area contributed by atoms with Gasteiger partial charge in [0, 0.05) is 11.1 Å². The third-order valence-corrected chi connectivity index (χ3v) is 3.15. The fourth-order valence-corrected chi connectivity index (χ4v) is 2.10. The molecular formula is C16H15N3O3. The maximum Gasteiger partial charge on any atom is 0.262 e. The molecule has 0 saturated heterocycles. The minimum Gasteiger partial charge on any atom is -0.493 e. The number of benzene rings is 2. The van der Waals surface area contributed by atoms with Crippen LogP contribution in [0.3, 0.4) is 0 Å². The van der Waals surface area contributed by atoms with Crippen LogP contribution in [0.25, 0.3) is 10.9 Å². The predicted molar refractivity (Wildman–Crippen MR) is 83.2 cm³/mol. The highest BCUT2D eigenvalue weighted by atomic mass is 16.5.